The minimum absolute atomic E-state index is 0.120. The van der Waals surface area contributed by atoms with E-state index in [1.807, 2.05) is 12.1 Å². The highest BCUT2D eigenvalue weighted by Crippen LogP contribution is 2.25. The number of imidazole rings is 1. The number of carbonyl (C=O) groups excluding carboxylic acids is 1. The van der Waals surface area contributed by atoms with Gasteiger partial charge in [0.15, 0.2) is 5.78 Å². The third kappa shape index (κ3) is 2.77. The molecule has 0 aliphatic carbocycles. The third-order valence-electron chi connectivity index (χ3n) is 3.10. The lowest BCUT2D eigenvalue weighted by atomic mass is 10.0. The van der Waals surface area contributed by atoms with Crippen LogP contribution in [0.4, 0.5) is 0 Å². The van der Waals surface area contributed by atoms with E-state index in [1.165, 1.54) is 0 Å². The second kappa shape index (κ2) is 5.84. The van der Waals surface area contributed by atoms with Crippen LogP contribution >= 0.6 is 27.5 Å². The fourth-order valence-electron chi connectivity index (χ4n) is 2.11. The number of hydrogen-bond donors (Lipinski definition) is 0. The minimum Gasteiger partial charge on any atom is -0.306 e. The molecule has 0 saturated carbocycles. The highest BCUT2D eigenvalue weighted by atomic mass is 79.9. The first-order chi connectivity index (χ1) is 10.2. The summed E-state index contributed by atoms with van der Waals surface area (Å²) < 4.78 is 2.64. The number of hydrogen-bond acceptors (Lipinski definition) is 2. The largest absolute Gasteiger partial charge is 0.306 e. The number of nitrogens with zero attached hydrogens (tertiary/aromatic N) is 2. The highest BCUT2D eigenvalue weighted by molar-refractivity contribution is 9.10. The maximum absolute atomic E-state index is 12.8. The quantitative estimate of drug-likeness (QED) is 0.643. The molecule has 0 fully saturated rings. The summed E-state index contributed by atoms with van der Waals surface area (Å²) in [5, 5.41) is 0.444. The maximum Gasteiger partial charge on any atom is 0.196 e. The van der Waals surface area contributed by atoms with Crippen molar-refractivity contribution in [3.63, 3.8) is 0 Å². The van der Waals surface area contributed by atoms with Gasteiger partial charge in [-0.25, -0.2) is 4.98 Å². The molecule has 0 unspecified atom stereocenters. The number of aromatic nitrogens is 2. The second-order valence-electron chi connectivity index (χ2n) is 4.44. The number of benzene rings is 2. The number of halogens is 2. The van der Waals surface area contributed by atoms with Crippen molar-refractivity contribution < 1.29 is 4.79 Å². The van der Waals surface area contributed by atoms with Crippen LogP contribution in [0.25, 0.3) is 5.69 Å². The SMILES string of the molecule is O=C(c1ccccc1Cl)c1cc(Br)ccc1-n1ccnc1. The van der Waals surface area contributed by atoms with Gasteiger partial charge in [0.25, 0.3) is 0 Å². The van der Waals surface area contributed by atoms with Gasteiger partial charge in [-0.05, 0) is 30.3 Å². The van der Waals surface area contributed by atoms with Gasteiger partial charge >= 0.3 is 0 Å². The summed E-state index contributed by atoms with van der Waals surface area (Å²) in [6, 6.07) is 12.6. The van der Waals surface area contributed by atoms with Crippen LogP contribution in [-0.4, -0.2) is 15.3 Å². The summed E-state index contributed by atoms with van der Waals surface area (Å²) in [7, 11) is 0. The lowest BCUT2D eigenvalue weighted by Crippen LogP contribution is -2.07. The van der Waals surface area contributed by atoms with Crippen LogP contribution in [0, 0.1) is 0 Å². The zero-order chi connectivity index (χ0) is 14.8. The van der Waals surface area contributed by atoms with Gasteiger partial charge in [-0.15, -0.1) is 0 Å². The number of ketones is 1. The predicted octanol–water partition coefficient (Wildman–Crippen LogP) is 4.52. The Morgan fingerprint density at radius 3 is 2.67 bits per heavy atom. The molecule has 0 saturated heterocycles. The van der Waals surface area contributed by atoms with Gasteiger partial charge in [-0.2, -0.15) is 0 Å². The van der Waals surface area contributed by atoms with Crippen LogP contribution in [0.15, 0.2) is 65.7 Å². The molecule has 1 heterocycles. The standard InChI is InChI=1S/C16H10BrClN2O/c17-11-5-6-15(20-8-7-19-10-20)13(9-11)16(21)12-3-1-2-4-14(12)18/h1-10H. The van der Waals surface area contributed by atoms with E-state index in [0.29, 0.717) is 16.1 Å². The van der Waals surface area contributed by atoms with Crippen LogP contribution in [0.1, 0.15) is 15.9 Å². The van der Waals surface area contributed by atoms with Crippen LogP contribution in [0.5, 0.6) is 0 Å². The third-order valence-corrected chi connectivity index (χ3v) is 3.93. The molecule has 0 bridgehead atoms. The Morgan fingerprint density at radius 2 is 1.95 bits per heavy atom. The first-order valence-corrected chi connectivity index (χ1v) is 7.41. The molecule has 0 amide bonds. The monoisotopic (exact) mass is 360 g/mol. The fourth-order valence-corrected chi connectivity index (χ4v) is 2.69. The topological polar surface area (TPSA) is 34.9 Å². The smallest absolute Gasteiger partial charge is 0.196 e. The van der Waals surface area contributed by atoms with E-state index in [-0.39, 0.29) is 5.78 Å². The van der Waals surface area contributed by atoms with Gasteiger partial charge in [-0.3, -0.25) is 4.79 Å². The van der Waals surface area contributed by atoms with Crippen LogP contribution in [0.2, 0.25) is 5.02 Å². The molecule has 21 heavy (non-hydrogen) atoms. The van der Waals surface area contributed by atoms with Crippen molar-refractivity contribution >= 4 is 33.3 Å². The Kier molecular flexibility index (Phi) is 3.90. The van der Waals surface area contributed by atoms with Crippen LogP contribution in [0.3, 0.4) is 0 Å². The number of rotatable bonds is 3. The molecular formula is C16H10BrClN2O. The Hall–Kier alpha value is -1.91. The molecule has 2 aromatic carbocycles. The zero-order valence-electron chi connectivity index (χ0n) is 10.8. The Morgan fingerprint density at radius 1 is 1.14 bits per heavy atom. The average molecular weight is 362 g/mol. The van der Waals surface area contributed by atoms with E-state index >= 15 is 0 Å². The minimum atomic E-state index is -0.120. The lowest BCUT2D eigenvalue weighted by Gasteiger charge is -2.11. The van der Waals surface area contributed by atoms with Crippen molar-refractivity contribution in [2.45, 2.75) is 0 Å². The molecule has 104 valence electrons. The van der Waals surface area contributed by atoms with Gasteiger partial charge in [0, 0.05) is 28.0 Å². The summed E-state index contributed by atoms with van der Waals surface area (Å²) in [5.41, 5.74) is 1.81. The predicted molar refractivity (Wildman–Crippen MR) is 86.1 cm³/mol. The zero-order valence-corrected chi connectivity index (χ0v) is 13.2. The Bertz CT molecular complexity index is 800. The molecule has 3 aromatic rings. The fraction of sp³-hybridized carbons (Fsp3) is 0. The number of carbonyl (C=O) groups is 1. The van der Waals surface area contributed by atoms with Crippen molar-refractivity contribution in [1.29, 1.82) is 0 Å². The molecule has 3 nitrogen and oxygen atoms in total. The molecule has 0 atom stereocenters. The Labute approximate surface area is 135 Å². The highest BCUT2D eigenvalue weighted by Gasteiger charge is 2.17. The molecule has 1 aromatic heterocycles. The molecule has 0 aliphatic rings. The van der Waals surface area contributed by atoms with E-state index in [9.17, 15) is 4.79 Å². The van der Waals surface area contributed by atoms with Gasteiger partial charge in [0.2, 0.25) is 0 Å². The van der Waals surface area contributed by atoms with E-state index in [1.54, 1.807) is 53.6 Å². The summed E-state index contributed by atoms with van der Waals surface area (Å²) in [6.45, 7) is 0. The van der Waals surface area contributed by atoms with Crippen molar-refractivity contribution in [3.05, 3.63) is 81.8 Å². The summed E-state index contributed by atoms with van der Waals surface area (Å²) in [6.07, 6.45) is 5.13. The molecule has 0 aliphatic heterocycles. The normalized spacial score (nSPS) is 10.6. The van der Waals surface area contributed by atoms with Gasteiger partial charge in [-0.1, -0.05) is 39.7 Å². The van der Waals surface area contributed by atoms with Crippen molar-refractivity contribution in [2.24, 2.45) is 0 Å². The van der Waals surface area contributed by atoms with Crippen molar-refractivity contribution in [3.8, 4) is 5.69 Å². The van der Waals surface area contributed by atoms with E-state index in [4.69, 9.17) is 11.6 Å². The van der Waals surface area contributed by atoms with Gasteiger partial charge in [0.1, 0.15) is 0 Å². The first kappa shape index (κ1) is 14.0. The van der Waals surface area contributed by atoms with E-state index < -0.39 is 0 Å². The second-order valence-corrected chi connectivity index (χ2v) is 5.76. The van der Waals surface area contributed by atoms with Crippen LogP contribution < -0.4 is 0 Å². The molecule has 0 radical (unpaired) electrons. The molecule has 5 heteroatoms. The lowest BCUT2D eigenvalue weighted by molar-refractivity contribution is 0.103. The summed E-state index contributed by atoms with van der Waals surface area (Å²) in [4.78, 5) is 16.8. The van der Waals surface area contributed by atoms with Crippen molar-refractivity contribution in [1.82, 2.24) is 9.55 Å². The maximum atomic E-state index is 12.8. The average Bonchev–Trinajstić information content (AvgIpc) is 3.01. The summed E-state index contributed by atoms with van der Waals surface area (Å²) in [5.74, 6) is -0.120. The molecule has 0 spiro atoms. The van der Waals surface area contributed by atoms with Gasteiger partial charge in [0.05, 0.1) is 17.0 Å². The Balaban J connectivity index is 2.16. The van der Waals surface area contributed by atoms with Crippen LogP contribution in [-0.2, 0) is 0 Å². The molecule has 0 N–H and O–H groups in total. The van der Waals surface area contributed by atoms with E-state index in [2.05, 4.69) is 20.9 Å². The van der Waals surface area contributed by atoms with E-state index in [0.717, 1.165) is 10.2 Å². The van der Waals surface area contributed by atoms with Crippen molar-refractivity contribution in [2.75, 3.05) is 0 Å². The summed E-state index contributed by atoms with van der Waals surface area (Å²) >= 11 is 9.54. The van der Waals surface area contributed by atoms with Gasteiger partial charge < -0.3 is 4.57 Å². The molecular weight excluding hydrogens is 352 g/mol. The first-order valence-electron chi connectivity index (χ1n) is 6.24. The molecule has 3 rings (SSSR count).